The highest BCUT2D eigenvalue weighted by Gasteiger charge is 2.21. The van der Waals surface area contributed by atoms with Gasteiger partial charge in [-0.2, -0.15) is 0 Å². The Morgan fingerprint density at radius 3 is 2.74 bits per heavy atom. The quantitative estimate of drug-likeness (QED) is 0.741. The lowest BCUT2D eigenvalue weighted by Gasteiger charge is -2.27. The standard InChI is InChI=1S/C20H18F2N4O/c21-14-6-7-18(16(22)10-14)24-20-23-17-8-9-26(12-15(17)19(27)25-20)11-13-4-2-1-3-5-13/h1-7,10H,8-9,11-12H2,(H2,23,24,25,27). The van der Waals surface area contributed by atoms with Crippen molar-refractivity contribution in [3.05, 3.63) is 87.3 Å². The van der Waals surface area contributed by atoms with Gasteiger partial charge >= 0.3 is 0 Å². The van der Waals surface area contributed by atoms with E-state index in [1.807, 2.05) is 18.2 Å². The van der Waals surface area contributed by atoms with Gasteiger partial charge in [-0.1, -0.05) is 30.3 Å². The molecule has 0 saturated carbocycles. The van der Waals surface area contributed by atoms with Crippen molar-refractivity contribution in [1.29, 1.82) is 0 Å². The maximum atomic E-state index is 13.8. The monoisotopic (exact) mass is 368 g/mol. The zero-order valence-corrected chi connectivity index (χ0v) is 14.5. The highest BCUT2D eigenvalue weighted by Crippen LogP contribution is 2.21. The average molecular weight is 368 g/mol. The molecule has 0 radical (unpaired) electrons. The van der Waals surface area contributed by atoms with Crippen molar-refractivity contribution < 1.29 is 8.78 Å². The van der Waals surface area contributed by atoms with Crippen molar-refractivity contribution in [2.75, 3.05) is 11.9 Å². The lowest BCUT2D eigenvalue weighted by atomic mass is 10.1. The second-order valence-corrected chi connectivity index (χ2v) is 6.54. The zero-order chi connectivity index (χ0) is 18.8. The molecule has 1 aromatic heterocycles. The molecule has 0 atom stereocenters. The Bertz CT molecular complexity index is 1020. The van der Waals surface area contributed by atoms with Crippen LogP contribution in [0.3, 0.4) is 0 Å². The maximum absolute atomic E-state index is 13.8. The van der Waals surface area contributed by atoms with Crippen LogP contribution < -0.4 is 10.9 Å². The number of fused-ring (bicyclic) bond motifs is 1. The summed E-state index contributed by atoms with van der Waals surface area (Å²) in [5, 5.41) is 2.72. The third kappa shape index (κ3) is 3.88. The molecule has 3 aromatic rings. The Labute approximate surface area is 154 Å². The van der Waals surface area contributed by atoms with Crippen molar-refractivity contribution in [2.24, 2.45) is 0 Å². The molecule has 0 amide bonds. The molecule has 0 unspecified atom stereocenters. The summed E-state index contributed by atoms with van der Waals surface area (Å²) < 4.78 is 26.8. The number of aromatic nitrogens is 2. The number of benzene rings is 2. The molecule has 138 valence electrons. The van der Waals surface area contributed by atoms with Crippen molar-refractivity contribution in [1.82, 2.24) is 14.9 Å². The predicted octanol–water partition coefficient (Wildman–Crippen LogP) is 3.35. The predicted molar refractivity (Wildman–Crippen MR) is 98.8 cm³/mol. The van der Waals surface area contributed by atoms with Crippen LogP contribution in [0.4, 0.5) is 20.4 Å². The minimum absolute atomic E-state index is 0.0565. The van der Waals surface area contributed by atoms with Gasteiger partial charge in [0.15, 0.2) is 0 Å². The molecule has 1 aliphatic rings. The lowest BCUT2D eigenvalue weighted by Crippen LogP contribution is -2.35. The van der Waals surface area contributed by atoms with Gasteiger partial charge < -0.3 is 5.32 Å². The van der Waals surface area contributed by atoms with Crippen LogP contribution in [0.2, 0.25) is 0 Å². The van der Waals surface area contributed by atoms with Gasteiger partial charge in [0, 0.05) is 32.1 Å². The zero-order valence-electron chi connectivity index (χ0n) is 14.5. The number of nitrogens with zero attached hydrogens (tertiary/aromatic N) is 2. The molecule has 1 aliphatic heterocycles. The Morgan fingerprint density at radius 1 is 1.15 bits per heavy atom. The minimum Gasteiger partial charge on any atom is -0.323 e. The molecule has 7 heteroatoms. The summed E-state index contributed by atoms with van der Waals surface area (Å²) in [6.07, 6.45) is 0.632. The van der Waals surface area contributed by atoms with Crippen molar-refractivity contribution in [3.63, 3.8) is 0 Å². The lowest BCUT2D eigenvalue weighted by molar-refractivity contribution is 0.242. The number of nitrogens with one attached hydrogen (secondary N) is 2. The molecule has 0 bridgehead atoms. The SMILES string of the molecule is O=c1[nH]c(Nc2ccc(F)cc2F)nc2c1CN(Cc1ccccc1)CC2. The van der Waals surface area contributed by atoms with Crippen LogP contribution in [-0.2, 0) is 19.5 Å². The summed E-state index contributed by atoms with van der Waals surface area (Å²) in [6, 6.07) is 13.3. The second kappa shape index (κ2) is 7.28. The van der Waals surface area contributed by atoms with Crippen LogP contribution >= 0.6 is 0 Å². The highest BCUT2D eigenvalue weighted by atomic mass is 19.1. The van der Waals surface area contributed by atoms with Crippen LogP contribution in [0.1, 0.15) is 16.8 Å². The molecule has 0 saturated heterocycles. The van der Waals surface area contributed by atoms with Gasteiger partial charge in [0.25, 0.3) is 5.56 Å². The summed E-state index contributed by atoms with van der Waals surface area (Å²) >= 11 is 0. The molecule has 0 spiro atoms. The van der Waals surface area contributed by atoms with Crippen LogP contribution in [0.15, 0.2) is 53.3 Å². The molecule has 27 heavy (non-hydrogen) atoms. The number of hydrogen-bond donors (Lipinski definition) is 2. The first kappa shape index (κ1) is 17.4. The molecular weight excluding hydrogens is 350 g/mol. The van der Waals surface area contributed by atoms with Gasteiger partial charge in [-0.25, -0.2) is 13.8 Å². The van der Waals surface area contributed by atoms with Gasteiger partial charge in [0.1, 0.15) is 11.6 Å². The molecule has 2 N–H and O–H groups in total. The number of halogens is 2. The summed E-state index contributed by atoms with van der Waals surface area (Å²) in [5.74, 6) is -1.26. The number of rotatable bonds is 4. The Morgan fingerprint density at radius 2 is 1.96 bits per heavy atom. The largest absolute Gasteiger partial charge is 0.323 e. The third-order valence-corrected chi connectivity index (χ3v) is 4.58. The number of anilines is 2. The van der Waals surface area contributed by atoms with E-state index in [0.717, 1.165) is 25.2 Å². The van der Waals surface area contributed by atoms with Crippen LogP contribution in [0.25, 0.3) is 0 Å². The van der Waals surface area contributed by atoms with E-state index in [1.165, 1.54) is 11.6 Å². The van der Waals surface area contributed by atoms with E-state index in [-0.39, 0.29) is 17.2 Å². The normalized spacial score (nSPS) is 14.0. The smallest absolute Gasteiger partial charge is 0.257 e. The van der Waals surface area contributed by atoms with Crippen LogP contribution in [0, 0.1) is 11.6 Å². The molecule has 5 nitrogen and oxygen atoms in total. The van der Waals surface area contributed by atoms with E-state index in [4.69, 9.17) is 0 Å². The van der Waals surface area contributed by atoms with E-state index in [1.54, 1.807) is 0 Å². The van der Waals surface area contributed by atoms with Crippen molar-refractivity contribution in [3.8, 4) is 0 Å². The van der Waals surface area contributed by atoms with E-state index in [0.29, 0.717) is 24.2 Å². The van der Waals surface area contributed by atoms with Crippen molar-refractivity contribution in [2.45, 2.75) is 19.5 Å². The van der Waals surface area contributed by atoms with Crippen LogP contribution in [-0.4, -0.2) is 21.4 Å². The maximum Gasteiger partial charge on any atom is 0.257 e. The van der Waals surface area contributed by atoms with Crippen LogP contribution in [0.5, 0.6) is 0 Å². The second-order valence-electron chi connectivity index (χ2n) is 6.54. The molecule has 2 heterocycles. The Kier molecular flexibility index (Phi) is 4.68. The fraction of sp³-hybridized carbons (Fsp3) is 0.200. The van der Waals surface area contributed by atoms with E-state index >= 15 is 0 Å². The van der Waals surface area contributed by atoms with Gasteiger partial charge in [0.05, 0.1) is 16.9 Å². The molecular formula is C20H18F2N4O. The first-order valence-corrected chi connectivity index (χ1v) is 8.69. The van der Waals surface area contributed by atoms with Crippen molar-refractivity contribution >= 4 is 11.6 Å². The van der Waals surface area contributed by atoms with E-state index in [2.05, 4.69) is 32.3 Å². The topological polar surface area (TPSA) is 61.0 Å². The first-order chi connectivity index (χ1) is 13.1. The summed E-state index contributed by atoms with van der Waals surface area (Å²) in [4.78, 5) is 21.8. The number of H-pyrrole nitrogens is 1. The molecule has 0 aliphatic carbocycles. The number of hydrogen-bond acceptors (Lipinski definition) is 4. The fourth-order valence-electron chi connectivity index (χ4n) is 3.24. The molecule has 4 rings (SSSR count). The molecule has 0 fully saturated rings. The Balaban J connectivity index is 1.53. The summed E-state index contributed by atoms with van der Waals surface area (Å²) in [5.41, 5.74) is 2.33. The third-order valence-electron chi connectivity index (χ3n) is 4.58. The summed E-state index contributed by atoms with van der Waals surface area (Å²) in [7, 11) is 0. The fourth-order valence-corrected chi connectivity index (χ4v) is 3.24. The van der Waals surface area contributed by atoms with Gasteiger partial charge in [-0.05, 0) is 17.7 Å². The first-order valence-electron chi connectivity index (χ1n) is 8.69. The highest BCUT2D eigenvalue weighted by molar-refractivity contribution is 5.54. The minimum atomic E-state index is -0.746. The average Bonchev–Trinajstić information content (AvgIpc) is 2.65. The van der Waals surface area contributed by atoms with E-state index < -0.39 is 11.6 Å². The van der Waals surface area contributed by atoms with Gasteiger partial charge in [-0.3, -0.25) is 14.7 Å². The van der Waals surface area contributed by atoms with Gasteiger partial charge in [-0.15, -0.1) is 0 Å². The molecule has 2 aromatic carbocycles. The number of aromatic amines is 1. The van der Waals surface area contributed by atoms with E-state index in [9.17, 15) is 13.6 Å². The Hall–Kier alpha value is -3.06. The summed E-state index contributed by atoms with van der Waals surface area (Å²) in [6.45, 7) is 2.06. The van der Waals surface area contributed by atoms with Gasteiger partial charge in [0.2, 0.25) is 5.95 Å².